The Morgan fingerprint density at radius 1 is 1.33 bits per heavy atom. The number of hydrogen-bond donors (Lipinski definition) is 3. The van der Waals surface area contributed by atoms with E-state index in [2.05, 4.69) is 10.6 Å². The van der Waals surface area contributed by atoms with Crippen molar-refractivity contribution < 1.29 is 24.2 Å². The van der Waals surface area contributed by atoms with Crippen LogP contribution in [-0.4, -0.2) is 47.8 Å². The molecule has 0 aromatic heterocycles. The third-order valence-corrected chi connectivity index (χ3v) is 5.34. The molecule has 0 aliphatic carbocycles. The van der Waals surface area contributed by atoms with Gasteiger partial charge >= 0.3 is 6.03 Å². The Morgan fingerprint density at radius 3 is 2.93 bits per heavy atom. The molecule has 0 saturated carbocycles. The third kappa shape index (κ3) is 4.60. The van der Waals surface area contributed by atoms with Gasteiger partial charge in [-0.1, -0.05) is 29.8 Å². The second-order valence-corrected chi connectivity index (χ2v) is 7.65. The summed E-state index contributed by atoms with van der Waals surface area (Å²) in [5.74, 6) is 0.292. The van der Waals surface area contributed by atoms with Crippen molar-refractivity contribution in [3.05, 3.63) is 47.0 Å². The summed E-state index contributed by atoms with van der Waals surface area (Å²) in [4.78, 5) is 26.2. The SMILES string of the molecule is O=C1COc2cc(NC(=O)N(Cc3ccccc3O)C[C@H]3CCCO3)c(Cl)cc2N1. The molecular weight excluding hydrogens is 410 g/mol. The lowest BCUT2D eigenvalue weighted by Gasteiger charge is -2.27. The van der Waals surface area contributed by atoms with E-state index in [0.29, 0.717) is 35.8 Å². The Balaban J connectivity index is 1.54. The summed E-state index contributed by atoms with van der Waals surface area (Å²) < 4.78 is 11.1. The molecule has 2 aromatic carbocycles. The molecule has 2 aliphatic rings. The lowest BCUT2D eigenvalue weighted by molar-refractivity contribution is -0.118. The van der Waals surface area contributed by atoms with Gasteiger partial charge in [0.2, 0.25) is 0 Å². The highest BCUT2D eigenvalue weighted by atomic mass is 35.5. The molecule has 0 bridgehead atoms. The van der Waals surface area contributed by atoms with Gasteiger partial charge in [0.15, 0.2) is 6.61 Å². The first-order valence-electron chi connectivity index (χ1n) is 9.70. The highest BCUT2D eigenvalue weighted by molar-refractivity contribution is 6.34. The summed E-state index contributed by atoms with van der Waals surface area (Å²) in [5, 5.41) is 15.9. The van der Waals surface area contributed by atoms with Gasteiger partial charge in [-0.05, 0) is 25.0 Å². The van der Waals surface area contributed by atoms with Gasteiger partial charge in [0.1, 0.15) is 11.5 Å². The number of aromatic hydroxyl groups is 1. The quantitative estimate of drug-likeness (QED) is 0.671. The smallest absolute Gasteiger partial charge is 0.322 e. The molecule has 3 N–H and O–H groups in total. The molecule has 0 unspecified atom stereocenters. The Labute approximate surface area is 178 Å². The van der Waals surface area contributed by atoms with Crippen molar-refractivity contribution in [1.29, 1.82) is 0 Å². The number of nitrogens with zero attached hydrogens (tertiary/aromatic N) is 1. The van der Waals surface area contributed by atoms with Crippen molar-refractivity contribution in [3.8, 4) is 11.5 Å². The second-order valence-electron chi connectivity index (χ2n) is 7.24. The number of halogens is 1. The number of hydrogen-bond acceptors (Lipinski definition) is 5. The number of amides is 3. The molecule has 2 aromatic rings. The van der Waals surface area contributed by atoms with Crippen LogP contribution in [0.1, 0.15) is 18.4 Å². The van der Waals surface area contributed by atoms with Crippen LogP contribution >= 0.6 is 11.6 Å². The van der Waals surface area contributed by atoms with Crippen LogP contribution in [0.5, 0.6) is 11.5 Å². The number of fused-ring (bicyclic) bond motifs is 1. The number of nitrogens with one attached hydrogen (secondary N) is 2. The van der Waals surface area contributed by atoms with Crippen LogP contribution in [0.15, 0.2) is 36.4 Å². The number of benzene rings is 2. The van der Waals surface area contributed by atoms with E-state index in [9.17, 15) is 14.7 Å². The van der Waals surface area contributed by atoms with Gasteiger partial charge in [-0.3, -0.25) is 4.79 Å². The maximum atomic E-state index is 13.1. The Morgan fingerprint density at radius 2 is 2.17 bits per heavy atom. The summed E-state index contributed by atoms with van der Waals surface area (Å²) in [6.07, 6.45) is 1.77. The highest BCUT2D eigenvalue weighted by Gasteiger charge is 2.25. The lowest BCUT2D eigenvalue weighted by Crippen LogP contribution is -2.39. The van der Waals surface area contributed by atoms with Crippen molar-refractivity contribution in [1.82, 2.24) is 4.90 Å². The third-order valence-electron chi connectivity index (χ3n) is 5.03. The number of phenols is 1. The van der Waals surface area contributed by atoms with Gasteiger partial charge in [0.25, 0.3) is 5.91 Å². The predicted molar refractivity (Wildman–Crippen MR) is 112 cm³/mol. The van der Waals surface area contributed by atoms with E-state index in [4.69, 9.17) is 21.1 Å². The van der Waals surface area contributed by atoms with E-state index >= 15 is 0 Å². The molecular formula is C21H22ClN3O5. The first-order chi connectivity index (χ1) is 14.5. The van der Waals surface area contributed by atoms with Crippen molar-refractivity contribution in [2.45, 2.75) is 25.5 Å². The molecule has 0 radical (unpaired) electrons. The van der Waals surface area contributed by atoms with Crippen molar-refractivity contribution in [3.63, 3.8) is 0 Å². The molecule has 1 atom stereocenters. The van der Waals surface area contributed by atoms with Crippen molar-refractivity contribution in [2.24, 2.45) is 0 Å². The number of para-hydroxylation sites is 1. The van der Waals surface area contributed by atoms with Crippen LogP contribution in [0.4, 0.5) is 16.2 Å². The van der Waals surface area contributed by atoms with Crippen LogP contribution in [-0.2, 0) is 16.1 Å². The number of phenolic OH excluding ortho intramolecular Hbond substituents is 1. The van der Waals surface area contributed by atoms with Crippen LogP contribution in [0.3, 0.4) is 0 Å². The van der Waals surface area contributed by atoms with Gasteiger partial charge in [-0.2, -0.15) is 0 Å². The number of carbonyl (C=O) groups is 2. The standard InChI is InChI=1S/C21H22ClN3O5/c22-15-8-17-19(30-12-20(27)23-17)9-16(15)24-21(28)25(11-14-5-3-7-29-14)10-13-4-1-2-6-18(13)26/h1-2,4,6,8-9,14,26H,3,5,7,10-12H2,(H,23,27)(H,24,28)/t14-/m1/s1. The molecule has 1 saturated heterocycles. The fourth-order valence-corrected chi connectivity index (χ4v) is 3.70. The fraction of sp³-hybridized carbons (Fsp3) is 0.333. The Kier molecular flexibility index (Phi) is 5.96. The minimum Gasteiger partial charge on any atom is -0.508 e. The average Bonchev–Trinajstić information content (AvgIpc) is 3.23. The summed E-state index contributed by atoms with van der Waals surface area (Å²) in [6.45, 7) is 1.18. The minimum atomic E-state index is -0.379. The molecule has 3 amide bonds. The molecule has 2 aliphatic heterocycles. The first-order valence-corrected chi connectivity index (χ1v) is 10.1. The van der Waals surface area contributed by atoms with Gasteiger partial charge in [0, 0.05) is 24.8 Å². The number of urea groups is 1. The predicted octanol–water partition coefficient (Wildman–Crippen LogP) is 3.59. The summed E-state index contributed by atoms with van der Waals surface area (Å²) in [6, 6.07) is 9.64. The van der Waals surface area contributed by atoms with Crippen LogP contribution in [0.2, 0.25) is 5.02 Å². The first kappa shape index (κ1) is 20.3. The van der Waals surface area contributed by atoms with E-state index < -0.39 is 0 Å². The minimum absolute atomic E-state index is 0.0563. The van der Waals surface area contributed by atoms with Gasteiger partial charge < -0.3 is 30.1 Å². The van der Waals surface area contributed by atoms with E-state index in [-0.39, 0.29) is 42.0 Å². The van der Waals surface area contributed by atoms with Crippen LogP contribution in [0, 0.1) is 0 Å². The molecule has 158 valence electrons. The molecule has 2 heterocycles. The van der Waals surface area contributed by atoms with Gasteiger partial charge in [-0.15, -0.1) is 0 Å². The molecule has 30 heavy (non-hydrogen) atoms. The molecule has 8 nitrogen and oxygen atoms in total. The summed E-state index contributed by atoms with van der Waals surface area (Å²) in [5.41, 5.74) is 1.46. The van der Waals surface area contributed by atoms with E-state index in [1.807, 2.05) is 6.07 Å². The van der Waals surface area contributed by atoms with E-state index in [1.165, 1.54) is 6.07 Å². The summed E-state index contributed by atoms with van der Waals surface area (Å²) >= 11 is 6.31. The number of anilines is 2. The van der Waals surface area contributed by atoms with E-state index in [1.54, 1.807) is 29.2 Å². The number of ether oxygens (including phenoxy) is 2. The van der Waals surface area contributed by atoms with Gasteiger partial charge in [0.05, 0.1) is 29.0 Å². The maximum absolute atomic E-state index is 13.1. The molecule has 0 spiro atoms. The fourth-order valence-electron chi connectivity index (χ4n) is 3.49. The molecule has 4 rings (SSSR count). The van der Waals surface area contributed by atoms with Gasteiger partial charge in [-0.25, -0.2) is 4.79 Å². The zero-order chi connectivity index (χ0) is 21.1. The zero-order valence-electron chi connectivity index (χ0n) is 16.2. The number of rotatable bonds is 5. The maximum Gasteiger partial charge on any atom is 0.322 e. The zero-order valence-corrected chi connectivity index (χ0v) is 16.9. The molecule has 1 fully saturated rings. The Hall–Kier alpha value is -2.97. The van der Waals surface area contributed by atoms with E-state index in [0.717, 1.165) is 12.8 Å². The number of carbonyl (C=O) groups excluding carboxylic acids is 2. The van der Waals surface area contributed by atoms with Crippen molar-refractivity contribution >= 4 is 34.9 Å². The van der Waals surface area contributed by atoms with Crippen molar-refractivity contribution in [2.75, 3.05) is 30.4 Å². The summed E-state index contributed by atoms with van der Waals surface area (Å²) in [7, 11) is 0. The molecule has 9 heteroatoms. The Bertz CT molecular complexity index is 962. The highest BCUT2D eigenvalue weighted by Crippen LogP contribution is 2.36. The topological polar surface area (TPSA) is 100 Å². The second kappa shape index (κ2) is 8.81. The monoisotopic (exact) mass is 431 g/mol. The average molecular weight is 432 g/mol. The normalized spacial score (nSPS) is 17.6. The van der Waals surface area contributed by atoms with Crippen LogP contribution in [0.25, 0.3) is 0 Å². The lowest BCUT2D eigenvalue weighted by atomic mass is 10.1. The van der Waals surface area contributed by atoms with Crippen LogP contribution < -0.4 is 15.4 Å². The largest absolute Gasteiger partial charge is 0.508 e.